The molecule has 0 fully saturated rings. The van der Waals surface area contributed by atoms with Crippen molar-refractivity contribution in [3.05, 3.63) is 46.3 Å². The van der Waals surface area contributed by atoms with E-state index in [1.807, 2.05) is 0 Å². The second kappa shape index (κ2) is 5.14. The van der Waals surface area contributed by atoms with Crippen LogP contribution in [0.4, 0.5) is 4.39 Å². The third-order valence-electron chi connectivity index (χ3n) is 2.19. The zero-order valence-electron chi connectivity index (χ0n) is 9.06. The van der Waals surface area contributed by atoms with Crippen LogP contribution in [0.15, 0.2) is 22.7 Å². The number of carboxylic acids is 1. The Labute approximate surface area is 106 Å². The molecule has 1 aromatic carbocycles. The third-order valence-corrected chi connectivity index (χ3v) is 2.48. The van der Waals surface area contributed by atoms with Crippen LogP contribution in [-0.2, 0) is 17.6 Å². The van der Waals surface area contributed by atoms with Crippen LogP contribution in [-0.4, -0.2) is 21.2 Å². The molecule has 2 rings (SSSR count). The Morgan fingerprint density at radius 2 is 2.28 bits per heavy atom. The van der Waals surface area contributed by atoms with Gasteiger partial charge in [0.15, 0.2) is 5.82 Å². The Hall–Kier alpha value is -1.95. The number of hydrogen-bond donors (Lipinski definition) is 1. The molecule has 1 N–H and O–H groups in total. The molecule has 0 aliphatic carbocycles. The Balaban J connectivity index is 2.16. The van der Waals surface area contributed by atoms with E-state index >= 15 is 0 Å². The topological polar surface area (TPSA) is 76.2 Å². The summed E-state index contributed by atoms with van der Waals surface area (Å²) < 4.78 is 18.3. The fourth-order valence-electron chi connectivity index (χ4n) is 1.42. The molecular formula is C11H8ClFN2O3. The Bertz CT molecular complexity index is 585. The lowest BCUT2D eigenvalue weighted by atomic mass is 10.1. The lowest BCUT2D eigenvalue weighted by Gasteiger charge is -2.00. The smallest absolute Gasteiger partial charge is 0.312 e. The highest BCUT2D eigenvalue weighted by molar-refractivity contribution is 6.30. The highest BCUT2D eigenvalue weighted by Gasteiger charge is 2.13. The van der Waals surface area contributed by atoms with Crippen molar-refractivity contribution in [2.24, 2.45) is 0 Å². The van der Waals surface area contributed by atoms with E-state index in [0.29, 0.717) is 5.56 Å². The van der Waals surface area contributed by atoms with Crippen molar-refractivity contribution in [3.63, 3.8) is 0 Å². The molecule has 0 aliphatic heterocycles. The van der Waals surface area contributed by atoms with E-state index in [-0.39, 0.29) is 29.6 Å². The lowest BCUT2D eigenvalue weighted by molar-refractivity contribution is -0.136. The van der Waals surface area contributed by atoms with Gasteiger partial charge in [-0.15, -0.1) is 0 Å². The maximum atomic E-state index is 13.6. The van der Waals surface area contributed by atoms with Crippen molar-refractivity contribution in [2.75, 3.05) is 0 Å². The van der Waals surface area contributed by atoms with Gasteiger partial charge in [0.25, 0.3) is 0 Å². The zero-order chi connectivity index (χ0) is 13.1. The summed E-state index contributed by atoms with van der Waals surface area (Å²) in [4.78, 5) is 14.3. The van der Waals surface area contributed by atoms with Crippen LogP contribution in [0, 0.1) is 5.82 Å². The van der Waals surface area contributed by atoms with E-state index in [9.17, 15) is 9.18 Å². The molecule has 18 heavy (non-hydrogen) atoms. The van der Waals surface area contributed by atoms with Gasteiger partial charge in [-0.25, -0.2) is 4.39 Å². The number of hydrogen-bond acceptors (Lipinski definition) is 4. The van der Waals surface area contributed by atoms with Crippen LogP contribution in [0.3, 0.4) is 0 Å². The molecule has 7 heteroatoms. The maximum absolute atomic E-state index is 13.6. The summed E-state index contributed by atoms with van der Waals surface area (Å²) in [5, 5.41) is 12.1. The number of nitrogens with zero attached hydrogens (tertiary/aromatic N) is 2. The minimum atomic E-state index is -1.07. The van der Waals surface area contributed by atoms with Gasteiger partial charge in [-0.2, -0.15) is 4.98 Å². The van der Waals surface area contributed by atoms with E-state index in [0.717, 1.165) is 0 Å². The van der Waals surface area contributed by atoms with Gasteiger partial charge in [-0.05, 0) is 11.6 Å². The van der Waals surface area contributed by atoms with Crippen molar-refractivity contribution in [1.82, 2.24) is 10.1 Å². The first-order valence-electron chi connectivity index (χ1n) is 5.02. The first-order chi connectivity index (χ1) is 8.56. The molecule has 0 unspecified atom stereocenters. The fourth-order valence-corrected chi connectivity index (χ4v) is 1.61. The van der Waals surface area contributed by atoms with Crippen LogP contribution in [0.25, 0.3) is 0 Å². The van der Waals surface area contributed by atoms with Crippen molar-refractivity contribution in [2.45, 2.75) is 12.8 Å². The van der Waals surface area contributed by atoms with Crippen molar-refractivity contribution in [1.29, 1.82) is 0 Å². The Morgan fingerprint density at radius 1 is 1.50 bits per heavy atom. The monoisotopic (exact) mass is 270 g/mol. The third kappa shape index (κ3) is 2.84. The summed E-state index contributed by atoms with van der Waals surface area (Å²) in [5.74, 6) is -1.41. The van der Waals surface area contributed by atoms with Crippen LogP contribution < -0.4 is 0 Å². The summed E-state index contributed by atoms with van der Waals surface area (Å²) in [7, 11) is 0. The predicted octanol–water partition coefficient (Wildman–Crippen LogP) is 2.08. The molecule has 1 aromatic heterocycles. The van der Waals surface area contributed by atoms with Crippen LogP contribution >= 0.6 is 11.6 Å². The number of carbonyl (C=O) groups is 1. The molecule has 0 amide bonds. The second-order valence-electron chi connectivity index (χ2n) is 3.56. The van der Waals surface area contributed by atoms with E-state index in [1.54, 1.807) is 12.1 Å². The molecule has 0 bridgehead atoms. The maximum Gasteiger partial charge on any atom is 0.312 e. The van der Waals surface area contributed by atoms with Crippen LogP contribution in [0.5, 0.6) is 0 Å². The first kappa shape index (κ1) is 12.5. The average molecular weight is 271 g/mol. The van der Waals surface area contributed by atoms with Gasteiger partial charge in [0, 0.05) is 6.42 Å². The number of rotatable bonds is 4. The highest BCUT2D eigenvalue weighted by atomic mass is 35.5. The molecule has 1 heterocycles. The van der Waals surface area contributed by atoms with E-state index in [2.05, 4.69) is 10.1 Å². The van der Waals surface area contributed by atoms with Gasteiger partial charge in [0.05, 0.1) is 5.02 Å². The molecule has 0 saturated carbocycles. The largest absolute Gasteiger partial charge is 0.481 e. The molecule has 94 valence electrons. The van der Waals surface area contributed by atoms with Crippen molar-refractivity contribution >= 4 is 17.6 Å². The quantitative estimate of drug-likeness (QED) is 0.920. The number of aromatic nitrogens is 2. The summed E-state index contributed by atoms with van der Waals surface area (Å²) in [6.07, 6.45) is -0.263. The number of benzene rings is 1. The molecular weight excluding hydrogens is 263 g/mol. The zero-order valence-corrected chi connectivity index (χ0v) is 9.82. The first-order valence-corrected chi connectivity index (χ1v) is 5.40. The van der Waals surface area contributed by atoms with Crippen LogP contribution in [0.1, 0.15) is 17.3 Å². The van der Waals surface area contributed by atoms with Crippen molar-refractivity contribution < 1.29 is 18.8 Å². The molecule has 0 saturated heterocycles. The van der Waals surface area contributed by atoms with Gasteiger partial charge in [-0.3, -0.25) is 4.79 Å². The minimum absolute atomic E-state index is 0.0139. The van der Waals surface area contributed by atoms with Gasteiger partial charge < -0.3 is 9.63 Å². The lowest BCUT2D eigenvalue weighted by Crippen LogP contribution is -2.00. The SMILES string of the molecule is O=C(O)Cc1nc(Cc2cccc(Cl)c2F)no1. The molecule has 0 spiro atoms. The number of halogens is 2. The molecule has 0 aliphatic rings. The fraction of sp³-hybridized carbons (Fsp3) is 0.182. The highest BCUT2D eigenvalue weighted by Crippen LogP contribution is 2.19. The molecule has 2 aromatic rings. The summed E-state index contributed by atoms with van der Waals surface area (Å²) >= 11 is 5.64. The summed E-state index contributed by atoms with van der Waals surface area (Å²) in [6.45, 7) is 0. The minimum Gasteiger partial charge on any atom is -0.481 e. The Morgan fingerprint density at radius 3 is 3.00 bits per heavy atom. The standard InChI is InChI=1S/C11H8ClFN2O3/c12-7-3-1-2-6(11(7)13)4-8-14-9(18-15-8)5-10(16)17/h1-3H,4-5H2,(H,16,17). The average Bonchev–Trinajstić information content (AvgIpc) is 2.71. The van der Waals surface area contributed by atoms with Gasteiger partial charge in [-0.1, -0.05) is 28.9 Å². The normalized spacial score (nSPS) is 10.6. The molecule has 0 radical (unpaired) electrons. The summed E-state index contributed by atoms with van der Waals surface area (Å²) in [5.41, 5.74) is 0.324. The predicted molar refractivity (Wildman–Crippen MR) is 59.9 cm³/mol. The van der Waals surface area contributed by atoms with Gasteiger partial charge >= 0.3 is 5.97 Å². The number of carboxylic acid groups (broad SMARTS) is 1. The Kier molecular flexibility index (Phi) is 3.57. The van der Waals surface area contributed by atoms with E-state index in [4.69, 9.17) is 21.2 Å². The van der Waals surface area contributed by atoms with E-state index in [1.165, 1.54) is 6.07 Å². The molecule has 5 nitrogen and oxygen atoms in total. The number of aliphatic carboxylic acids is 1. The summed E-state index contributed by atoms with van der Waals surface area (Å²) in [6, 6.07) is 4.60. The molecule has 0 atom stereocenters. The second-order valence-corrected chi connectivity index (χ2v) is 3.97. The van der Waals surface area contributed by atoms with Crippen LogP contribution in [0.2, 0.25) is 5.02 Å². The van der Waals surface area contributed by atoms with Gasteiger partial charge in [0.1, 0.15) is 12.2 Å². The van der Waals surface area contributed by atoms with E-state index < -0.39 is 11.8 Å². The van der Waals surface area contributed by atoms with Crippen molar-refractivity contribution in [3.8, 4) is 0 Å². The van der Waals surface area contributed by atoms with Gasteiger partial charge in [0.2, 0.25) is 5.89 Å².